The number of hydrogen-bond acceptors (Lipinski definition) is 4. The van der Waals surface area contributed by atoms with Crippen molar-refractivity contribution in [3.8, 4) is 5.88 Å². The van der Waals surface area contributed by atoms with Gasteiger partial charge in [-0.05, 0) is 49.1 Å². The van der Waals surface area contributed by atoms with Gasteiger partial charge in [0.1, 0.15) is 11.7 Å². The molecule has 2 saturated carbocycles. The summed E-state index contributed by atoms with van der Waals surface area (Å²) in [5.74, 6) is 0.998. The van der Waals surface area contributed by atoms with E-state index in [-0.39, 0.29) is 11.6 Å². The molecule has 0 spiro atoms. The summed E-state index contributed by atoms with van der Waals surface area (Å²) in [5, 5.41) is 5.41. The van der Waals surface area contributed by atoms with E-state index in [1.54, 1.807) is 13.1 Å². The molecule has 1 aromatic carbocycles. The van der Waals surface area contributed by atoms with Crippen molar-refractivity contribution in [3.05, 3.63) is 59.3 Å². The van der Waals surface area contributed by atoms with Gasteiger partial charge in [-0.25, -0.2) is 4.98 Å². The molecule has 6 heteroatoms. The minimum Gasteiger partial charge on any atom is -0.477 e. The fraction of sp³-hybridized carbons (Fsp3) is 0.409. The van der Waals surface area contributed by atoms with Crippen molar-refractivity contribution in [2.24, 2.45) is 5.92 Å². The van der Waals surface area contributed by atoms with Crippen molar-refractivity contribution in [1.29, 1.82) is 0 Å². The number of carbonyl (C=O) groups is 2. The van der Waals surface area contributed by atoms with Crippen LogP contribution in [0.1, 0.15) is 59.3 Å². The minimum absolute atomic E-state index is 0.264. The highest BCUT2D eigenvalue weighted by Gasteiger charge is 2.30. The SMILES string of the molecule is CNC(=O)[C@@H](NC(=O)c1ccc(C2CC2)c(OCC2CC2)n1)c1ccccc1. The van der Waals surface area contributed by atoms with Gasteiger partial charge in [-0.3, -0.25) is 9.59 Å². The Morgan fingerprint density at radius 1 is 1.11 bits per heavy atom. The van der Waals surface area contributed by atoms with Crippen molar-refractivity contribution in [1.82, 2.24) is 15.6 Å². The van der Waals surface area contributed by atoms with E-state index in [1.807, 2.05) is 36.4 Å². The van der Waals surface area contributed by atoms with Gasteiger partial charge in [0.05, 0.1) is 6.61 Å². The van der Waals surface area contributed by atoms with E-state index < -0.39 is 11.9 Å². The predicted octanol–water partition coefficient (Wildman–Crippen LogP) is 2.96. The molecule has 146 valence electrons. The van der Waals surface area contributed by atoms with Gasteiger partial charge >= 0.3 is 0 Å². The Labute approximate surface area is 164 Å². The molecule has 0 unspecified atom stereocenters. The van der Waals surface area contributed by atoms with Gasteiger partial charge < -0.3 is 15.4 Å². The van der Waals surface area contributed by atoms with Gasteiger partial charge in [0.25, 0.3) is 5.91 Å². The van der Waals surface area contributed by atoms with E-state index >= 15 is 0 Å². The molecule has 0 bridgehead atoms. The summed E-state index contributed by atoms with van der Waals surface area (Å²) in [4.78, 5) is 29.6. The topological polar surface area (TPSA) is 80.3 Å². The Morgan fingerprint density at radius 2 is 1.86 bits per heavy atom. The second-order valence-corrected chi connectivity index (χ2v) is 7.55. The van der Waals surface area contributed by atoms with Crippen LogP contribution in [0.15, 0.2) is 42.5 Å². The van der Waals surface area contributed by atoms with Crippen molar-refractivity contribution in [2.75, 3.05) is 13.7 Å². The molecule has 1 atom stereocenters. The van der Waals surface area contributed by atoms with Crippen LogP contribution in [0.25, 0.3) is 0 Å². The summed E-state index contributed by atoms with van der Waals surface area (Å²) >= 11 is 0. The molecule has 1 aromatic heterocycles. The van der Waals surface area contributed by atoms with Crippen LogP contribution in [0.4, 0.5) is 0 Å². The first-order valence-electron chi connectivity index (χ1n) is 9.87. The van der Waals surface area contributed by atoms with Gasteiger partial charge in [-0.2, -0.15) is 0 Å². The van der Waals surface area contributed by atoms with Crippen LogP contribution in [0, 0.1) is 5.92 Å². The quantitative estimate of drug-likeness (QED) is 0.739. The maximum absolute atomic E-state index is 12.8. The summed E-state index contributed by atoms with van der Waals surface area (Å²) in [6.07, 6.45) is 4.67. The summed E-state index contributed by atoms with van der Waals surface area (Å²) < 4.78 is 5.94. The van der Waals surface area contributed by atoms with Gasteiger partial charge in [0.2, 0.25) is 11.8 Å². The molecule has 0 radical (unpaired) electrons. The number of pyridine rings is 1. The molecule has 2 aromatic rings. The van der Waals surface area contributed by atoms with Crippen LogP contribution < -0.4 is 15.4 Å². The van der Waals surface area contributed by atoms with E-state index in [0.29, 0.717) is 24.3 Å². The van der Waals surface area contributed by atoms with Crippen LogP contribution in [0.5, 0.6) is 5.88 Å². The van der Waals surface area contributed by atoms with Gasteiger partial charge in [0.15, 0.2) is 0 Å². The van der Waals surface area contributed by atoms with Gasteiger partial charge in [-0.1, -0.05) is 36.4 Å². The second kappa shape index (κ2) is 8.00. The third kappa shape index (κ3) is 4.32. The third-order valence-corrected chi connectivity index (χ3v) is 5.21. The maximum atomic E-state index is 12.8. The molecule has 2 amide bonds. The Bertz CT molecular complexity index is 861. The van der Waals surface area contributed by atoms with Crippen LogP contribution in [0.3, 0.4) is 0 Å². The fourth-order valence-corrected chi connectivity index (χ4v) is 3.17. The number of amides is 2. The highest BCUT2D eigenvalue weighted by Crippen LogP contribution is 2.44. The Balaban J connectivity index is 1.54. The predicted molar refractivity (Wildman–Crippen MR) is 105 cm³/mol. The van der Waals surface area contributed by atoms with Crippen molar-refractivity contribution >= 4 is 11.8 Å². The van der Waals surface area contributed by atoms with E-state index in [0.717, 1.165) is 24.0 Å². The van der Waals surface area contributed by atoms with Crippen LogP contribution in [-0.2, 0) is 4.79 Å². The zero-order valence-corrected chi connectivity index (χ0v) is 16.0. The summed E-state index contributed by atoms with van der Waals surface area (Å²) in [7, 11) is 1.55. The summed E-state index contributed by atoms with van der Waals surface area (Å²) in [5.41, 5.74) is 2.07. The van der Waals surface area contributed by atoms with E-state index in [9.17, 15) is 9.59 Å². The zero-order chi connectivity index (χ0) is 19.5. The second-order valence-electron chi connectivity index (χ2n) is 7.55. The maximum Gasteiger partial charge on any atom is 0.270 e. The molecule has 28 heavy (non-hydrogen) atoms. The molecule has 2 aliphatic rings. The van der Waals surface area contributed by atoms with Crippen molar-refractivity contribution in [3.63, 3.8) is 0 Å². The number of likely N-dealkylation sites (N-methyl/N-ethyl adjacent to an activating group) is 1. The Morgan fingerprint density at radius 3 is 2.50 bits per heavy atom. The number of nitrogens with one attached hydrogen (secondary N) is 2. The molecule has 6 nitrogen and oxygen atoms in total. The first kappa shape index (κ1) is 18.5. The van der Waals surface area contributed by atoms with Gasteiger partial charge in [0, 0.05) is 12.6 Å². The average molecular weight is 379 g/mol. The number of carbonyl (C=O) groups excluding carboxylic acids is 2. The standard InChI is InChI=1S/C22H25N3O3/c1-23-21(27)19(16-5-3-2-4-6-16)25-20(26)18-12-11-17(15-9-10-15)22(24-18)28-13-14-7-8-14/h2-6,11-12,14-15,19H,7-10,13H2,1H3,(H,23,27)(H,25,26)/t19-/m0/s1. The molecule has 2 aliphatic carbocycles. The number of ether oxygens (including phenoxy) is 1. The first-order valence-corrected chi connectivity index (χ1v) is 9.87. The number of benzene rings is 1. The first-order chi connectivity index (χ1) is 13.7. The molecule has 2 N–H and O–H groups in total. The molecular formula is C22H25N3O3. The normalized spacial score (nSPS) is 16.9. The lowest BCUT2D eigenvalue weighted by molar-refractivity contribution is -0.122. The monoisotopic (exact) mass is 379 g/mol. The van der Waals surface area contributed by atoms with Crippen molar-refractivity contribution < 1.29 is 14.3 Å². The number of aromatic nitrogens is 1. The Hall–Kier alpha value is -2.89. The van der Waals surface area contributed by atoms with E-state index in [2.05, 4.69) is 15.6 Å². The van der Waals surface area contributed by atoms with Gasteiger partial charge in [-0.15, -0.1) is 0 Å². The summed E-state index contributed by atoms with van der Waals surface area (Å²) in [6, 6.07) is 12.1. The average Bonchev–Trinajstić information content (AvgIpc) is 3.64. The molecule has 4 rings (SSSR count). The highest BCUT2D eigenvalue weighted by atomic mass is 16.5. The summed E-state index contributed by atoms with van der Waals surface area (Å²) in [6.45, 7) is 0.655. The number of hydrogen-bond donors (Lipinski definition) is 2. The molecule has 0 saturated heterocycles. The Kier molecular flexibility index (Phi) is 5.28. The highest BCUT2D eigenvalue weighted by molar-refractivity contribution is 5.96. The molecular weight excluding hydrogens is 354 g/mol. The molecule has 2 fully saturated rings. The number of rotatable bonds is 8. The third-order valence-electron chi connectivity index (χ3n) is 5.21. The minimum atomic E-state index is -0.778. The van der Waals surface area contributed by atoms with Crippen molar-refractivity contribution in [2.45, 2.75) is 37.6 Å². The largest absolute Gasteiger partial charge is 0.477 e. The lowest BCUT2D eigenvalue weighted by atomic mass is 10.1. The fourth-order valence-electron chi connectivity index (χ4n) is 3.17. The van der Waals surface area contributed by atoms with E-state index in [1.165, 1.54) is 12.8 Å². The van der Waals surface area contributed by atoms with E-state index in [4.69, 9.17) is 4.74 Å². The van der Waals surface area contributed by atoms with Crippen LogP contribution in [-0.4, -0.2) is 30.5 Å². The molecule has 0 aliphatic heterocycles. The smallest absolute Gasteiger partial charge is 0.270 e. The zero-order valence-electron chi connectivity index (χ0n) is 16.0. The molecule has 1 heterocycles. The lowest BCUT2D eigenvalue weighted by Crippen LogP contribution is -2.39. The lowest BCUT2D eigenvalue weighted by Gasteiger charge is -2.18. The number of nitrogens with zero attached hydrogens (tertiary/aromatic N) is 1. The van der Waals surface area contributed by atoms with Crippen LogP contribution in [0.2, 0.25) is 0 Å². The van der Waals surface area contributed by atoms with Crippen LogP contribution >= 0.6 is 0 Å².